The quantitative estimate of drug-likeness (QED) is 0.727. The van der Waals surface area contributed by atoms with Crippen molar-refractivity contribution in [3.05, 3.63) is 0 Å². The molecule has 0 aliphatic heterocycles. The van der Waals surface area contributed by atoms with Gasteiger partial charge in [-0.3, -0.25) is 4.79 Å². The van der Waals surface area contributed by atoms with Crippen LogP contribution in [0, 0.1) is 23.2 Å². The Morgan fingerprint density at radius 1 is 1.33 bits per heavy atom. The number of nitrogens with two attached hydrogens (primary N) is 1. The Bertz CT molecular complexity index is 288. The number of hydrogen-bond acceptors (Lipinski definition) is 2. The van der Waals surface area contributed by atoms with Crippen LogP contribution in [0.15, 0.2) is 0 Å². The molecule has 2 saturated carbocycles. The maximum atomic E-state index is 11.1. The zero-order valence-corrected chi connectivity index (χ0v) is 10.3. The van der Waals surface area contributed by atoms with E-state index in [4.69, 9.17) is 10.8 Å². The van der Waals surface area contributed by atoms with E-state index in [9.17, 15) is 4.79 Å². The molecule has 2 aliphatic carbocycles. The van der Waals surface area contributed by atoms with Crippen LogP contribution in [0.4, 0.5) is 0 Å². The van der Waals surface area contributed by atoms with Crippen molar-refractivity contribution >= 4 is 18.4 Å². The van der Waals surface area contributed by atoms with Crippen LogP contribution in [0.25, 0.3) is 0 Å². The zero-order valence-electron chi connectivity index (χ0n) is 9.49. The van der Waals surface area contributed by atoms with Crippen LogP contribution in [0.5, 0.6) is 0 Å². The highest BCUT2D eigenvalue weighted by molar-refractivity contribution is 5.85. The van der Waals surface area contributed by atoms with Crippen LogP contribution in [0.3, 0.4) is 0 Å². The number of carboxylic acids is 1. The summed E-state index contributed by atoms with van der Waals surface area (Å²) in [6.45, 7) is 6.34. The van der Waals surface area contributed by atoms with Crippen LogP contribution >= 0.6 is 12.4 Å². The number of carbonyl (C=O) groups is 1. The van der Waals surface area contributed by atoms with E-state index >= 15 is 0 Å². The largest absolute Gasteiger partial charge is 0.481 e. The molecule has 4 atom stereocenters. The average molecular weight is 234 g/mol. The van der Waals surface area contributed by atoms with Crippen molar-refractivity contribution in [3.8, 4) is 0 Å². The molecule has 0 aromatic rings. The summed E-state index contributed by atoms with van der Waals surface area (Å²) in [7, 11) is 0. The van der Waals surface area contributed by atoms with Gasteiger partial charge in [0, 0.05) is 5.54 Å². The summed E-state index contributed by atoms with van der Waals surface area (Å²) in [6, 6.07) is 0. The topological polar surface area (TPSA) is 63.3 Å². The summed E-state index contributed by atoms with van der Waals surface area (Å²) in [4.78, 5) is 11.1. The van der Waals surface area contributed by atoms with Crippen molar-refractivity contribution < 1.29 is 9.90 Å². The van der Waals surface area contributed by atoms with E-state index in [-0.39, 0.29) is 18.3 Å². The van der Waals surface area contributed by atoms with Gasteiger partial charge in [0.1, 0.15) is 0 Å². The van der Waals surface area contributed by atoms with Crippen molar-refractivity contribution in [2.45, 2.75) is 39.2 Å². The van der Waals surface area contributed by atoms with E-state index in [2.05, 4.69) is 13.8 Å². The molecule has 0 saturated heterocycles. The smallest absolute Gasteiger partial charge is 0.308 e. The van der Waals surface area contributed by atoms with E-state index < -0.39 is 11.5 Å². The van der Waals surface area contributed by atoms with Crippen molar-refractivity contribution in [1.82, 2.24) is 0 Å². The summed E-state index contributed by atoms with van der Waals surface area (Å²) in [5.74, 6) is 0.148. The van der Waals surface area contributed by atoms with E-state index in [0.717, 1.165) is 12.8 Å². The zero-order chi connectivity index (χ0) is 10.7. The van der Waals surface area contributed by atoms with Gasteiger partial charge in [-0.25, -0.2) is 0 Å². The molecule has 88 valence electrons. The molecule has 2 fully saturated rings. The molecule has 0 aromatic carbocycles. The molecule has 0 amide bonds. The fourth-order valence-electron chi connectivity index (χ4n) is 3.25. The third kappa shape index (κ3) is 1.76. The van der Waals surface area contributed by atoms with Gasteiger partial charge in [-0.1, -0.05) is 13.8 Å². The van der Waals surface area contributed by atoms with E-state index in [1.807, 2.05) is 6.92 Å². The van der Waals surface area contributed by atoms with Crippen molar-refractivity contribution in [2.75, 3.05) is 0 Å². The molecule has 4 unspecified atom stereocenters. The normalized spacial score (nSPS) is 46.3. The lowest BCUT2D eigenvalue weighted by Crippen LogP contribution is -2.50. The monoisotopic (exact) mass is 233 g/mol. The third-order valence-electron chi connectivity index (χ3n) is 4.53. The number of rotatable bonds is 1. The number of fused-ring (bicyclic) bond motifs is 1. The lowest BCUT2D eigenvalue weighted by Gasteiger charge is -2.35. The van der Waals surface area contributed by atoms with Gasteiger partial charge in [0.2, 0.25) is 0 Å². The van der Waals surface area contributed by atoms with Gasteiger partial charge in [-0.2, -0.15) is 0 Å². The summed E-state index contributed by atoms with van der Waals surface area (Å²) in [5.41, 5.74) is 5.89. The first-order valence-electron chi connectivity index (χ1n) is 5.28. The van der Waals surface area contributed by atoms with Crippen molar-refractivity contribution in [3.63, 3.8) is 0 Å². The first-order chi connectivity index (χ1) is 6.27. The van der Waals surface area contributed by atoms with Gasteiger partial charge < -0.3 is 10.8 Å². The summed E-state index contributed by atoms with van der Waals surface area (Å²) < 4.78 is 0. The molecule has 2 aliphatic rings. The van der Waals surface area contributed by atoms with Crippen LogP contribution < -0.4 is 5.73 Å². The van der Waals surface area contributed by atoms with Crippen LogP contribution in [0.1, 0.15) is 33.6 Å². The van der Waals surface area contributed by atoms with Crippen LogP contribution in [-0.4, -0.2) is 16.6 Å². The Kier molecular flexibility index (Phi) is 2.86. The van der Waals surface area contributed by atoms with E-state index in [1.165, 1.54) is 0 Å². The minimum Gasteiger partial charge on any atom is -0.481 e. The molecule has 0 bridgehead atoms. The second kappa shape index (κ2) is 3.36. The number of aliphatic carboxylic acids is 1. The van der Waals surface area contributed by atoms with Gasteiger partial charge in [-0.15, -0.1) is 12.4 Å². The third-order valence-corrected chi connectivity index (χ3v) is 4.53. The van der Waals surface area contributed by atoms with Crippen molar-refractivity contribution in [1.29, 1.82) is 0 Å². The van der Waals surface area contributed by atoms with E-state index in [1.54, 1.807) is 0 Å². The first-order valence-corrected chi connectivity index (χ1v) is 5.28. The minimum atomic E-state index is -0.726. The Hall–Kier alpha value is -0.280. The Labute approximate surface area is 96.8 Å². The standard InChI is InChI=1S/C11H19NO2.ClH/c1-10(2)6-4-7(9(13)14)11(3,12)5-8(6)10;/h6-8H,4-5,12H2,1-3H3,(H,13,14);1H. The highest BCUT2D eigenvalue weighted by Gasteiger charge is 2.64. The average Bonchev–Trinajstić information content (AvgIpc) is 2.49. The van der Waals surface area contributed by atoms with Gasteiger partial charge >= 0.3 is 5.97 Å². The summed E-state index contributed by atoms with van der Waals surface area (Å²) in [5, 5.41) is 9.10. The van der Waals surface area contributed by atoms with Gasteiger partial charge in [0.05, 0.1) is 5.92 Å². The number of carboxylic acid groups (broad SMARTS) is 1. The Morgan fingerprint density at radius 2 is 1.87 bits per heavy atom. The molecule has 0 aromatic heterocycles. The van der Waals surface area contributed by atoms with Gasteiger partial charge in [0.25, 0.3) is 0 Å². The molecule has 3 nitrogen and oxygen atoms in total. The minimum absolute atomic E-state index is 0. The number of hydrogen-bond donors (Lipinski definition) is 2. The SMILES string of the molecule is CC1(N)CC2C(CC1C(=O)O)C2(C)C.Cl. The fourth-order valence-corrected chi connectivity index (χ4v) is 3.25. The van der Waals surface area contributed by atoms with E-state index in [0.29, 0.717) is 17.3 Å². The molecule has 4 heteroatoms. The first kappa shape index (κ1) is 12.8. The molecule has 3 N–H and O–H groups in total. The van der Waals surface area contributed by atoms with Crippen molar-refractivity contribution in [2.24, 2.45) is 28.9 Å². The van der Waals surface area contributed by atoms with Gasteiger partial charge in [-0.05, 0) is 37.0 Å². The molecule has 0 spiro atoms. The van der Waals surface area contributed by atoms with Crippen LogP contribution in [-0.2, 0) is 4.79 Å². The van der Waals surface area contributed by atoms with Gasteiger partial charge in [0.15, 0.2) is 0 Å². The molecule has 2 rings (SSSR count). The Morgan fingerprint density at radius 3 is 2.33 bits per heavy atom. The maximum absolute atomic E-state index is 11.1. The summed E-state index contributed by atoms with van der Waals surface area (Å²) >= 11 is 0. The summed E-state index contributed by atoms with van der Waals surface area (Å²) in [6.07, 6.45) is 1.63. The predicted molar refractivity (Wildman–Crippen MR) is 61.0 cm³/mol. The Balaban J connectivity index is 0.00000112. The fraction of sp³-hybridized carbons (Fsp3) is 0.909. The molecule has 0 heterocycles. The maximum Gasteiger partial charge on any atom is 0.308 e. The lowest BCUT2D eigenvalue weighted by molar-refractivity contribution is -0.145. The highest BCUT2D eigenvalue weighted by Crippen LogP contribution is 2.67. The highest BCUT2D eigenvalue weighted by atomic mass is 35.5. The molecule has 15 heavy (non-hydrogen) atoms. The van der Waals surface area contributed by atoms with Crippen LogP contribution in [0.2, 0.25) is 0 Å². The second-order valence-corrected chi connectivity index (χ2v) is 5.87. The lowest BCUT2D eigenvalue weighted by atomic mass is 9.75. The molecule has 0 radical (unpaired) electrons. The predicted octanol–water partition coefficient (Wildman–Crippen LogP) is 1.89. The second-order valence-electron chi connectivity index (χ2n) is 5.87. The molecular formula is C11H20ClNO2. The molecular weight excluding hydrogens is 214 g/mol. The number of halogens is 1.